The average Bonchev–Trinajstić information content (AvgIpc) is 3.19. The number of unbranched alkanes of at least 4 members (excludes halogenated alkanes) is 1. The Morgan fingerprint density at radius 2 is 1.70 bits per heavy atom. The summed E-state index contributed by atoms with van der Waals surface area (Å²) < 4.78 is 7.10. The second-order valence-corrected chi connectivity index (χ2v) is 7.93. The van der Waals surface area contributed by atoms with Crippen LogP contribution in [-0.4, -0.2) is 33.7 Å². The van der Waals surface area contributed by atoms with Crippen LogP contribution in [0.2, 0.25) is 0 Å². The number of benzene rings is 3. The quantitative estimate of drug-likeness (QED) is 0.360. The van der Waals surface area contributed by atoms with Crippen molar-refractivity contribution in [3.05, 3.63) is 89.2 Å². The largest absolute Gasteiger partial charge is 0.478 e. The summed E-state index contributed by atoms with van der Waals surface area (Å²) in [5.41, 5.74) is 4.87. The second kappa shape index (κ2) is 9.69. The summed E-state index contributed by atoms with van der Waals surface area (Å²) in [4.78, 5) is 28.8. The maximum Gasteiger partial charge on any atom is 0.340 e. The van der Waals surface area contributed by atoms with Gasteiger partial charge in [0.25, 0.3) is 0 Å². The number of aromatic nitrogens is 2. The normalized spacial score (nSPS) is 11.0. The van der Waals surface area contributed by atoms with Gasteiger partial charge < -0.3 is 14.4 Å². The Labute approximate surface area is 192 Å². The van der Waals surface area contributed by atoms with Crippen LogP contribution in [0.3, 0.4) is 0 Å². The molecule has 3 aromatic carbocycles. The Morgan fingerprint density at radius 1 is 0.970 bits per heavy atom. The van der Waals surface area contributed by atoms with Crippen molar-refractivity contribution in [1.82, 2.24) is 9.55 Å². The number of methoxy groups -OCH3 is 1. The lowest BCUT2D eigenvalue weighted by Gasteiger charge is -2.12. The van der Waals surface area contributed by atoms with Crippen molar-refractivity contribution in [1.29, 1.82) is 0 Å². The van der Waals surface area contributed by atoms with Crippen LogP contribution in [0.1, 0.15) is 51.9 Å². The lowest BCUT2D eigenvalue weighted by Crippen LogP contribution is -2.09. The molecular formula is C27H26N2O4. The van der Waals surface area contributed by atoms with E-state index in [4.69, 9.17) is 9.72 Å². The first kappa shape index (κ1) is 22.3. The Bertz CT molecular complexity index is 1310. The molecule has 0 atom stereocenters. The van der Waals surface area contributed by atoms with E-state index in [1.54, 1.807) is 18.2 Å². The van der Waals surface area contributed by atoms with Crippen molar-refractivity contribution in [2.45, 2.75) is 32.7 Å². The fourth-order valence-corrected chi connectivity index (χ4v) is 4.10. The maximum absolute atomic E-state index is 12.4. The number of esters is 1. The van der Waals surface area contributed by atoms with Gasteiger partial charge in [0.2, 0.25) is 0 Å². The van der Waals surface area contributed by atoms with Crippen LogP contribution in [0.15, 0.2) is 66.7 Å². The highest BCUT2D eigenvalue weighted by atomic mass is 16.5. The molecule has 6 nitrogen and oxygen atoms in total. The molecule has 0 radical (unpaired) electrons. The molecule has 0 saturated carbocycles. The number of hydrogen-bond acceptors (Lipinski definition) is 4. The number of aromatic carboxylic acids is 1. The minimum absolute atomic E-state index is 0.274. The highest BCUT2D eigenvalue weighted by Crippen LogP contribution is 2.27. The van der Waals surface area contributed by atoms with Crippen molar-refractivity contribution in [2.75, 3.05) is 7.11 Å². The Balaban J connectivity index is 1.74. The van der Waals surface area contributed by atoms with Crippen molar-refractivity contribution in [3.8, 4) is 11.1 Å². The van der Waals surface area contributed by atoms with Gasteiger partial charge in [-0.3, -0.25) is 0 Å². The van der Waals surface area contributed by atoms with Crippen LogP contribution in [0, 0.1) is 0 Å². The molecule has 0 spiro atoms. The number of carbonyl (C=O) groups excluding carboxylic acids is 1. The lowest BCUT2D eigenvalue weighted by atomic mass is 9.98. The SMILES string of the molecule is CCCCc1nc2cccc(C(=O)OC)c2n1Cc1ccc(-c2ccccc2C(=O)O)cc1. The van der Waals surface area contributed by atoms with Crippen molar-refractivity contribution in [3.63, 3.8) is 0 Å². The topological polar surface area (TPSA) is 81.4 Å². The molecule has 0 aliphatic heterocycles. The zero-order valence-electron chi connectivity index (χ0n) is 18.7. The zero-order valence-corrected chi connectivity index (χ0v) is 18.7. The van der Waals surface area contributed by atoms with Gasteiger partial charge in [-0.2, -0.15) is 0 Å². The van der Waals surface area contributed by atoms with Crippen LogP contribution in [-0.2, 0) is 17.7 Å². The number of hydrogen-bond donors (Lipinski definition) is 1. The third-order valence-electron chi connectivity index (χ3n) is 5.77. The molecule has 4 rings (SSSR count). The van der Waals surface area contributed by atoms with Crippen LogP contribution in [0.25, 0.3) is 22.2 Å². The fourth-order valence-electron chi connectivity index (χ4n) is 4.10. The van der Waals surface area contributed by atoms with Crippen LogP contribution >= 0.6 is 0 Å². The summed E-state index contributed by atoms with van der Waals surface area (Å²) in [6, 6.07) is 20.3. The van der Waals surface area contributed by atoms with E-state index in [1.807, 2.05) is 48.5 Å². The Morgan fingerprint density at radius 3 is 2.39 bits per heavy atom. The molecule has 6 heteroatoms. The fraction of sp³-hybridized carbons (Fsp3) is 0.222. The van der Waals surface area contributed by atoms with E-state index in [-0.39, 0.29) is 11.5 Å². The number of nitrogens with zero attached hydrogens (tertiary/aromatic N) is 2. The van der Waals surface area contributed by atoms with Gasteiger partial charge in [-0.1, -0.05) is 61.9 Å². The van der Waals surface area contributed by atoms with E-state index in [9.17, 15) is 14.7 Å². The summed E-state index contributed by atoms with van der Waals surface area (Å²) in [5, 5.41) is 9.50. The van der Waals surface area contributed by atoms with Crippen molar-refractivity contribution in [2.24, 2.45) is 0 Å². The van der Waals surface area contributed by atoms with E-state index in [0.717, 1.165) is 47.2 Å². The lowest BCUT2D eigenvalue weighted by molar-refractivity contribution is 0.0601. The van der Waals surface area contributed by atoms with Crippen LogP contribution in [0.4, 0.5) is 0 Å². The predicted molar refractivity (Wildman–Crippen MR) is 128 cm³/mol. The summed E-state index contributed by atoms with van der Waals surface area (Å²) in [7, 11) is 1.38. The summed E-state index contributed by atoms with van der Waals surface area (Å²) >= 11 is 0. The number of fused-ring (bicyclic) bond motifs is 1. The Kier molecular flexibility index (Phi) is 6.54. The van der Waals surface area contributed by atoms with Gasteiger partial charge in [-0.15, -0.1) is 0 Å². The van der Waals surface area contributed by atoms with Gasteiger partial charge in [-0.25, -0.2) is 14.6 Å². The number of carbonyl (C=O) groups is 2. The molecule has 0 bridgehead atoms. The van der Waals surface area contributed by atoms with Gasteiger partial charge >= 0.3 is 11.9 Å². The second-order valence-electron chi connectivity index (χ2n) is 7.93. The number of ether oxygens (including phenoxy) is 1. The predicted octanol–water partition coefficient (Wildman–Crippen LogP) is 5.58. The smallest absolute Gasteiger partial charge is 0.340 e. The van der Waals surface area contributed by atoms with Gasteiger partial charge in [-0.05, 0) is 41.3 Å². The van der Waals surface area contributed by atoms with Crippen molar-refractivity contribution >= 4 is 23.0 Å². The van der Waals surface area contributed by atoms with Gasteiger partial charge in [0.15, 0.2) is 0 Å². The molecule has 0 aliphatic carbocycles. The average molecular weight is 443 g/mol. The molecule has 33 heavy (non-hydrogen) atoms. The molecule has 0 saturated heterocycles. The summed E-state index contributed by atoms with van der Waals surface area (Å²) in [6.07, 6.45) is 2.86. The highest BCUT2D eigenvalue weighted by Gasteiger charge is 2.19. The van der Waals surface area contributed by atoms with Gasteiger partial charge in [0.05, 0.1) is 29.3 Å². The van der Waals surface area contributed by atoms with E-state index in [0.29, 0.717) is 17.7 Å². The number of imidazole rings is 1. The van der Waals surface area contributed by atoms with Crippen LogP contribution < -0.4 is 0 Å². The Hall–Kier alpha value is -3.93. The monoisotopic (exact) mass is 442 g/mol. The first-order chi connectivity index (χ1) is 16.0. The third kappa shape index (κ3) is 4.51. The maximum atomic E-state index is 12.4. The molecule has 4 aromatic rings. The number of rotatable bonds is 8. The van der Waals surface area contributed by atoms with Crippen LogP contribution in [0.5, 0.6) is 0 Å². The zero-order chi connectivity index (χ0) is 23.4. The van der Waals surface area contributed by atoms with Crippen molar-refractivity contribution < 1.29 is 19.4 Å². The summed E-state index contributed by atoms with van der Waals surface area (Å²) in [5.74, 6) is -0.400. The van der Waals surface area contributed by atoms with Gasteiger partial charge in [0, 0.05) is 13.0 Å². The highest BCUT2D eigenvalue weighted by molar-refractivity contribution is 6.02. The minimum atomic E-state index is -0.949. The first-order valence-electron chi connectivity index (χ1n) is 11.0. The molecule has 1 N–H and O–H groups in total. The number of carboxylic acids is 1. The summed E-state index contributed by atoms with van der Waals surface area (Å²) in [6.45, 7) is 2.69. The molecular weight excluding hydrogens is 416 g/mol. The molecule has 1 aromatic heterocycles. The molecule has 0 unspecified atom stereocenters. The minimum Gasteiger partial charge on any atom is -0.478 e. The third-order valence-corrected chi connectivity index (χ3v) is 5.77. The molecule has 168 valence electrons. The number of carboxylic acid groups (broad SMARTS) is 1. The molecule has 1 heterocycles. The first-order valence-corrected chi connectivity index (χ1v) is 11.0. The molecule has 0 aliphatic rings. The molecule has 0 amide bonds. The van der Waals surface area contributed by atoms with E-state index in [2.05, 4.69) is 11.5 Å². The number of para-hydroxylation sites is 1. The molecule has 0 fully saturated rings. The van der Waals surface area contributed by atoms with E-state index < -0.39 is 5.97 Å². The number of aryl methyl sites for hydroxylation is 1. The van der Waals surface area contributed by atoms with E-state index >= 15 is 0 Å². The van der Waals surface area contributed by atoms with Gasteiger partial charge in [0.1, 0.15) is 5.82 Å². The standard InChI is InChI=1S/C27H26N2O4/c1-3-4-12-24-28-23-11-7-10-22(27(32)33-2)25(23)29(24)17-18-13-15-19(16-14-18)20-8-5-6-9-21(20)26(30)31/h5-11,13-16H,3-4,12,17H2,1-2H3,(H,30,31). The van der Waals surface area contributed by atoms with E-state index in [1.165, 1.54) is 7.11 Å².